The second kappa shape index (κ2) is 5.11. The third-order valence-corrected chi connectivity index (χ3v) is 2.16. The van der Waals surface area contributed by atoms with Crippen molar-refractivity contribution < 1.29 is 14.4 Å². The lowest BCUT2D eigenvalue weighted by molar-refractivity contribution is 0.0953. The molecule has 0 unspecified atom stereocenters. The van der Waals surface area contributed by atoms with E-state index in [1.807, 2.05) is 0 Å². The van der Waals surface area contributed by atoms with Gasteiger partial charge in [0.2, 0.25) is 5.89 Å². The van der Waals surface area contributed by atoms with Crippen molar-refractivity contribution in [1.82, 2.24) is 15.5 Å². The molecule has 2 rings (SSSR count). The molecule has 1 amide bonds. The summed E-state index contributed by atoms with van der Waals surface area (Å²) in [5, 5.41) is 15.2. The summed E-state index contributed by atoms with van der Waals surface area (Å²) in [5.41, 5.74) is 0.494. The minimum atomic E-state index is -0.204. The zero-order chi connectivity index (χ0) is 12.1. The molecular weight excluding hydrogens is 222 g/mol. The number of hydrogen-bond acceptors (Lipinski definition) is 5. The third kappa shape index (κ3) is 3.04. The van der Waals surface area contributed by atoms with Crippen LogP contribution in [0.4, 0.5) is 0 Å². The van der Waals surface area contributed by atoms with Gasteiger partial charge in [-0.3, -0.25) is 4.79 Å². The van der Waals surface area contributed by atoms with Gasteiger partial charge in [0.15, 0.2) is 6.33 Å². The van der Waals surface area contributed by atoms with E-state index in [0.717, 1.165) is 0 Å². The minimum Gasteiger partial charge on any atom is -0.508 e. The number of phenolic OH excluding ortho intramolecular Hbond substituents is 1. The fraction of sp³-hybridized carbons (Fsp3) is 0.182. The van der Waals surface area contributed by atoms with E-state index in [9.17, 15) is 4.79 Å². The van der Waals surface area contributed by atoms with Gasteiger partial charge in [-0.05, 0) is 24.3 Å². The van der Waals surface area contributed by atoms with Gasteiger partial charge in [-0.25, -0.2) is 0 Å². The van der Waals surface area contributed by atoms with E-state index < -0.39 is 0 Å². The number of amides is 1. The lowest BCUT2D eigenvalue weighted by Crippen LogP contribution is -2.25. The first-order valence-electron chi connectivity index (χ1n) is 5.08. The monoisotopic (exact) mass is 233 g/mol. The van der Waals surface area contributed by atoms with Gasteiger partial charge >= 0.3 is 0 Å². The average molecular weight is 233 g/mol. The molecule has 88 valence electrons. The van der Waals surface area contributed by atoms with Gasteiger partial charge in [-0.2, -0.15) is 4.98 Å². The van der Waals surface area contributed by atoms with Crippen molar-refractivity contribution in [3.05, 3.63) is 42.0 Å². The number of hydrogen-bond donors (Lipinski definition) is 2. The van der Waals surface area contributed by atoms with Gasteiger partial charge < -0.3 is 14.9 Å². The lowest BCUT2D eigenvalue weighted by Gasteiger charge is -2.03. The number of aromatic nitrogens is 2. The van der Waals surface area contributed by atoms with Gasteiger partial charge in [-0.15, -0.1) is 0 Å². The smallest absolute Gasteiger partial charge is 0.251 e. The maximum absolute atomic E-state index is 11.6. The Morgan fingerprint density at radius 2 is 2.12 bits per heavy atom. The topological polar surface area (TPSA) is 88.3 Å². The largest absolute Gasteiger partial charge is 0.508 e. The number of nitrogens with one attached hydrogen (secondary N) is 1. The Morgan fingerprint density at radius 3 is 2.76 bits per heavy atom. The Kier molecular flexibility index (Phi) is 3.34. The van der Waals surface area contributed by atoms with Crippen LogP contribution in [0, 0.1) is 0 Å². The molecule has 6 heteroatoms. The summed E-state index contributed by atoms with van der Waals surface area (Å²) in [6.07, 6.45) is 1.81. The quantitative estimate of drug-likeness (QED) is 0.813. The summed E-state index contributed by atoms with van der Waals surface area (Å²) in [4.78, 5) is 15.5. The van der Waals surface area contributed by atoms with Crippen LogP contribution in [0.3, 0.4) is 0 Å². The molecule has 0 spiro atoms. The Morgan fingerprint density at radius 1 is 1.35 bits per heavy atom. The van der Waals surface area contributed by atoms with Gasteiger partial charge in [0.25, 0.3) is 5.91 Å². The number of nitrogens with zero attached hydrogens (tertiary/aromatic N) is 2. The van der Waals surface area contributed by atoms with Crippen molar-refractivity contribution >= 4 is 5.91 Å². The lowest BCUT2D eigenvalue weighted by atomic mass is 10.2. The third-order valence-electron chi connectivity index (χ3n) is 2.16. The van der Waals surface area contributed by atoms with E-state index >= 15 is 0 Å². The summed E-state index contributed by atoms with van der Waals surface area (Å²) in [6, 6.07) is 6.04. The number of carbonyl (C=O) groups is 1. The Labute approximate surface area is 97.3 Å². The molecule has 0 radical (unpaired) electrons. The molecule has 0 saturated heterocycles. The summed E-state index contributed by atoms with van der Waals surface area (Å²) >= 11 is 0. The predicted molar refractivity (Wildman–Crippen MR) is 58.4 cm³/mol. The van der Waals surface area contributed by atoms with Crippen LogP contribution >= 0.6 is 0 Å². The Bertz CT molecular complexity index is 479. The molecule has 0 aliphatic heterocycles. The molecule has 0 atom stereocenters. The molecule has 17 heavy (non-hydrogen) atoms. The first-order chi connectivity index (χ1) is 8.25. The van der Waals surface area contributed by atoms with E-state index in [2.05, 4.69) is 15.5 Å². The average Bonchev–Trinajstić information content (AvgIpc) is 2.83. The fourth-order valence-electron chi connectivity index (χ4n) is 1.30. The van der Waals surface area contributed by atoms with Gasteiger partial charge in [-0.1, -0.05) is 5.16 Å². The van der Waals surface area contributed by atoms with Crippen LogP contribution < -0.4 is 5.32 Å². The second-order valence-electron chi connectivity index (χ2n) is 3.39. The maximum Gasteiger partial charge on any atom is 0.251 e. The zero-order valence-electron chi connectivity index (χ0n) is 8.96. The molecule has 0 fully saturated rings. The first-order valence-corrected chi connectivity index (χ1v) is 5.08. The second-order valence-corrected chi connectivity index (χ2v) is 3.39. The van der Waals surface area contributed by atoms with Crippen LogP contribution in [0.25, 0.3) is 0 Å². The highest BCUT2D eigenvalue weighted by molar-refractivity contribution is 5.94. The summed E-state index contributed by atoms with van der Waals surface area (Å²) < 4.78 is 4.79. The first kappa shape index (κ1) is 11.1. The number of phenols is 1. The summed E-state index contributed by atoms with van der Waals surface area (Å²) in [7, 11) is 0. The van der Waals surface area contributed by atoms with E-state index in [4.69, 9.17) is 9.63 Å². The van der Waals surface area contributed by atoms with Crippen LogP contribution in [0.15, 0.2) is 35.1 Å². The van der Waals surface area contributed by atoms with Gasteiger partial charge in [0, 0.05) is 18.5 Å². The maximum atomic E-state index is 11.6. The highest BCUT2D eigenvalue weighted by Gasteiger charge is 2.05. The summed E-state index contributed by atoms with van der Waals surface area (Å²) in [6.45, 7) is 0.419. The molecular formula is C11H11N3O3. The molecule has 1 heterocycles. The molecule has 0 aliphatic carbocycles. The number of rotatable bonds is 4. The molecule has 6 nitrogen and oxygen atoms in total. The molecule has 1 aromatic carbocycles. The summed E-state index contributed by atoms with van der Waals surface area (Å²) in [5.74, 6) is 0.410. The Balaban J connectivity index is 1.83. The van der Waals surface area contributed by atoms with Crippen molar-refractivity contribution in [1.29, 1.82) is 0 Å². The van der Waals surface area contributed by atoms with Crippen molar-refractivity contribution in [3.8, 4) is 5.75 Å². The van der Waals surface area contributed by atoms with Crippen LogP contribution in [-0.4, -0.2) is 27.7 Å². The van der Waals surface area contributed by atoms with Crippen LogP contribution in [0.2, 0.25) is 0 Å². The molecule has 0 aliphatic rings. The highest BCUT2D eigenvalue weighted by Crippen LogP contribution is 2.09. The minimum absolute atomic E-state index is 0.132. The predicted octanol–water partition coefficient (Wildman–Crippen LogP) is 0.748. The molecule has 0 bridgehead atoms. The van der Waals surface area contributed by atoms with Crippen molar-refractivity contribution in [2.45, 2.75) is 6.42 Å². The number of benzene rings is 1. The van der Waals surface area contributed by atoms with Crippen LogP contribution in [0.5, 0.6) is 5.75 Å². The SMILES string of the molecule is O=C(NCCc1ncno1)c1ccc(O)cc1. The van der Waals surface area contributed by atoms with E-state index in [-0.39, 0.29) is 11.7 Å². The van der Waals surface area contributed by atoms with Crippen LogP contribution in [-0.2, 0) is 6.42 Å². The van der Waals surface area contributed by atoms with Crippen LogP contribution in [0.1, 0.15) is 16.2 Å². The fourth-order valence-corrected chi connectivity index (χ4v) is 1.30. The van der Waals surface area contributed by atoms with Crippen molar-refractivity contribution in [2.24, 2.45) is 0 Å². The molecule has 2 aromatic rings. The normalized spacial score (nSPS) is 10.1. The standard InChI is InChI=1S/C11H11N3O3/c15-9-3-1-8(2-4-9)11(16)12-6-5-10-13-7-14-17-10/h1-4,7,15H,5-6H2,(H,12,16). The number of aromatic hydroxyl groups is 1. The van der Waals surface area contributed by atoms with Gasteiger partial charge in [0.05, 0.1) is 0 Å². The van der Waals surface area contributed by atoms with Crippen molar-refractivity contribution in [3.63, 3.8) is 0 Å². The van der Waals surface area contributed by atoms with Crippen molar-refractivity contribution in [2.75, 3.05) is 6.54 Å². The van der Waals surface area contributed by atoms with E-state index in [0.29, 0.717) is 24.4 Å². The van der Waals surface area contributed by atoms with E-state index in [1.54, 1.807) is 12.1 Å². The van der Waals surface area contributed by atoms with Gasteiger partial charge in [0.1, 0.15) is 5.75 Å². The molecule has 0 saturated carbocycles. The Hall–Kier alpha value is -2.37. The van der Waals surface area contributed by atoms with E-state index in [1.165, 1.54) is 18.5 Å². The number of carbonyl (C=O) groups excluding carboxylic acids is 1. The molecule has 1 aromatic heterocycles. The highest BCUT2D eigenvalue weighted by atomic mass is 16.5. The molecule has 2 N–H and O–H groups in total. The zero-order valence-corrected chi connectivity index (χ0v) is 8.96.